The van der Waals surface area contributed by atoms with Crippen LogP contribution in [0.25, 0.3) is 0 Å². The van der Waals surface area contributed by atoms with Gasteiger partial charge in [0.15, 0.2) is 0 Å². The lowest BCUT2D eigenvalue weighted by Crippen LogP contribution is -2.38. The first-order valence-corrected chi connectivity index (χ1v) is 10.2. The molecule has 0 bridgehead atoms. The molecule has 2 aliphatic rings. The second kappa shape index (κ2) is 9.74. The fraction of sp³-hybridized carbons (Fsp3) is 0.667. The summed E-state index contributed by atoms with van der Waals surface area (Å²) in [5.41, 5.74) is 0.232. The monoisotopic (exact) mass is 398 g/mol. The van der Waals surface area contributed by atoms with Gasteiger partial charge in [-0.1, -0.05) is 31.4 Å². The van der Waals surface area contributed by atoms with Crippen molar-refractivity contribution in [2.24, 2.45) is 0 Å². The van der Waals surface area contributed by atoms with Crippen molar-refractivity contribution in [1.29, 1.82) is 0 Å². The van der Waals surface area contributed by atoms with E-state index >= 15 is 0 Å². The van der Waals surface area contributed by atoms with Gasteiger partial charge < -0.3 is 9.64 Å². The smallest absolute Gasteiger partial charge is 0.368 e. The van der Waals surface area contributed by atoms with Crippen LogP contribution < -0.4 is 0 Å². The molecule has 1 aliphatic carbocycles. The Morgan fingerprint density at radius 3 is 2.36 bits per heavy atom. The molecule has 3 rings (SSSR count). The van der Waals surface area contributed by atoms with Crippen LogP contribution in [-0.4, -0.2) is 54.6 Å². The summed E-state index contributed by atoms with van der Waals surface area (Å²) >= 11 is 0. The van der Waals surface area contributed by atoms with Crippen LogP contribution in [0.1, 0.15) is 49.7 Å². The number of carbonyl (C=O) groups excluding carboxylic acids is 1. The first kappa shape index (κ1) is 21.1. The maximum atomic E-state index is 12.7. The van der Waals surface area contributed by atoms with Crippen molar-refractivity contribution in [3.8, 4) is 0 Å². The van der Waals surface area contributed by atoms with E-state index in [0.717, 1.165) is 50.0 Å². The molecule has 1 amide bonds. The SMILES string of the molecule is O=C(COC1CCCCC1)N1CCCN(Cc2ccc(C(F)(F)F)cc2)CC1. The summed E-state index contributed by atoms with van der Waals surface area (Å²) in [6.07, 6.45) is 2.50. The van der Waals surface area contributed by atoms with Crippen molar-refractivity contribution in [3.05, 3.63) is 35.4 Å². The third-order valence-electron chi connectivity index (χ3n) is 5.62. The van der Waals surface area contributed by atoms with Crippen LogP contribution in [0.2, 0.25) is 0 Å². The second-order valence-corrected chi connectivity index (χ2v) is 7.78. The molecule has 2 fully saturated rings. The van der Waals surface area contributed by atoms with Gasteiger partial charge in [0.2, 0.25) is 5.91 Å². The normalized spacial score (nSPS) is 20.2. The highest BCUT2D eigenvalue weighted by molar-refractivity contribution is 5.77. The third kappa shape index (κ3) is 6.21. The van der Waals surface area contributed by atoms with Crippen LogP contribution in [0, 0.1) is 0 Å². The number of rotatable bonds is 5. The lowest BCUT2D eigenvalue weighted by Gasteiger charge is -2.25. The lowest BCUT2D eigenvalue weighted by molar-refractivity contribution is -0.139. The van der Waals surface area contributed by atoms with Gasteiger partial charge in [0.25, 0.3) is 0 Å². The number of nitrogens with zero attached hydrogens (tertiary/aromatic N) is 2. The molecular weight excluding hydrogens is 369 g/mol. The molecule has 0 N–H and O–H groups in total. The quantitative estimate of drug-likeness (QED) is 0.749. The molecular formula is C21H29F3N2O2. The van der Waals surface area contributed by atoms with E-state index in [-0.39, 0.29) is 18.6 Å². The molecule has 1 aromatic carbocycles. The van der Waals surface area contributed by atoms with Crippen molar-refractivity contribution in [1.82, 2.24) is 9.80 Å². The van der Waals surface area contributed by atoms with Gasteiger partial charge in [-0.2, -0.15) is 13.2 Å². The van der Waals surface area contributed by atoms with Gasteiger partial charge in [0.1, 0.15) is 6.61 Å². The highest BCUT2D eigenvalue weighted by Crippen LogP contribution is 2.29. The molecule has 4 nitrogen and oxygen atoms in total. The van der Waals surface area contributed by atoms with Crippen molar-refractivity contribution in [2.45, 2.75) is 57.3 Å². The predicted molar refractivity (Wildman–Crippen MR) is 101 cm³/mol. The Kier molecular flexibility index (Phi) is 7.35. The summed E-state index contributed by atoms with van der Waals surface area (Å²) < 4.78 is 43.8. The standard InChI is InChI=1S/C21H29F3N2O2/c22-21(23,24)18-9-7-17(8-10-18)15-25-11-4-12-26(14-13-25)20(27)16-28-19-5-2-1-3-6-19/h7-10,19H,1-6,11-16H2. The van der Waals surface area contributed by atoms with Gasteiger partial charge in [0.05, 0.1) is 11.7 Å². The number of alkyl halides is 3. The summed E-state index contributed by atoms with van der Waals surface area (Å²) in [5.74, 6) is 0.0435. The molecule has 28 heavy (non-hydrogen) atoms. The fourth-order valence-electron chi connectivity index (χ4n) is 3.95. The second-order valence-electron chi connectivity index (χ2n) is 7.78. The average molecular weight is 398 g/mol. The zero-order valence-corrected chi connectivity index (χ0v) is 16.2. The van der Waals surface area contributed by atoms with E-state index in [2.05, 4.69) is 4.90 Å². The fourth-order valence-corrected chi connectivity index (χ4v) is 3.95. The van der Waals surface area contributed by atoms with E-state index in [1.54, 1.807) is 0 Å². The Morgan fingerprint density at radius 1 is 0.964 bits per heavy atom. The molecule has 156 valence electrons. The van der Waals surface area contributed by atoms with Crippen LogP contribution in [0.4, 0.5) is 13.2 Å². The van der Waals surface area contributed by atoms with Gasteiger partial charge in [0, 0.05) is 32.7 Å². The third-order valence-corrected chi connectivity index (χ3v) is 5.62. The number of carbonyl (C=O) groups is 1. The zero-order chi connectivity index (χ0) is 20.0. The Hall–Kier alpha value is -1.60. The largest absolute Gasteiger partial charge is 0.416 e. The molecule has 0 aromatic heterocycles. The van der Waals surface area contributed by atoms with Crippen molar-refractivity contribution >= 4 is 5.91 Å². The maximum Gasteiger partial charge on any atom is 0.416 e. The van der Waals surface area contributed by atoms with E-state index in [0.29, 0.717) is 19.6 Å². The topological polar surface area (TPSA) is 32.8 Å². The number of hydrogen-bond acceptors (Lipinski definition) is 3. The lowest BCUT2D eigenvalue weighted by atomic mass is 9.98. The molecule has 1 saturated heterocycles. The number of ether oxygens (including phenoxy) is 1. The zero-order valence-electron chi connectivity index (χ0n) is 16.2. The molecule has 1 aromatic rings. The minimum atomic E-state index is -4.30. The van der Waals surface area contributed by atoms with Crippen molar-refractivity contribution in [2.75, 3.05) is 32.8 Å². The number of hydrogen-bond donors (Lipinski definition) is 0. The van der Waals surface area contributed by atoms with Gasteiger partial charge in [-0.3, -0.25) is 9.69 Å². The highest BCUT2D eigenvalue weighted by atomic mass is 19.4. The molecule has 1 aliphatic heterocycles. The van der Waals surface area contributed by atoms with E-state index in [9.17, 15) is 18.0 Å². The molecule has 0 spiro atoms. The van der Waals surface area contributed by atoms with Gasteiger partial charge in [-0.15, -0.1) is 0 Å². The molecule has 7 heteroatoms. The van der Waals surface area contributed by atoms with E-state index in [1.807, 2.05) is 4.90 Å². The molecule has 0 unspecified atom stereocenters. The van der Waals surface area contributed by atoms with Crippen molar-refractivity contribution in [3.63, 3.8) is 0 Å². The summed E-state index contributed by atoms with van der Waals surface area (Å²) in [6.45, 7) is 3.64. The summed E-state index contributed by atoms with van der Waals surface area (Å²) in [7, 11) is 0. The number of amides is 1. The van der Waals surface area contributed by atoms with Gasteiger partial charge in [-0.25, -0.2) is 0 Å². The van der Waals surface area contributed by atoms with Crippen molar-refractivity contribution < 1.29 is 22.7 Å². The van der Waals surface area contributed by atoms with E-state index < -0.39 is 11.7 Å². The summed E-state index contributed by atoms with van der Waals surface area (Å²) in [5, 5.41) is 0. The molecule has 1 saturated carbocycles. The van der Waals surface area contributed by atoms with Gasteiger partial charge >= 0.3 is 6.18 Å². The molecule has 1 heterocycles. The van der Waals surface area contributed by atoms with Crippen LogP contribution >= 0.6 is 0 Å². The summed E-state index contributed by atoms with van der Waals surface area (Å²) in [6, 6.07) is 5.33. The van der Waals surface area contributed by atoms with E-state index in [1.165, 1.54) is 31.4 Å². The highest BCUT2D eigenvalue weighted by Gasteiger charge is 2.30. The Morgan fingerprint density at radius 2 is 1.68 bits per heavy atom. The minimum Gasteiger partial charge on any atom is -0.368 e. The van der Waals surface area contributed by atoms with Crippen LogP contribution in [0.5, 0.6) is 0 Å². The maximum absolute atomic E-state index is 12.7. The number of halogens is 3. The predicted octanol–water partition coefficient (Wildman–Crippen LogP) is 4.09. The van der Waals surface area contributed by atoms with Crippen LogP contribution in [-0.2, 0) is 22.3 Å². The first-order valence-electron chi connectivity index (χ1n) is 10.2. The minimum absolute atomic E-state index is 0.0435. The number of benzene rings is 1. The first-order chi connectivity index (χ1) is 13.4. The van der Waals surface area contributed by atoms with Gasteiger partial charge in [-0.05, 0) is 37.0 Å². The summed E-state index contributed by atoms with van der Waals surface area (Å²) in [4.78, 5) is 16.5. The Labute approximate surface area is 164 Å². The molecule has 0 atom stereocenters. The van der Waals surface area contributed by atoms with E-state index in [4.69, 9.17) is 4.74 Å². The molecule has 0 radical (unpaired) electrons. The van der Waals surface area contributed by atoms with Crippen LogP contribution in [0.3, 0.4) is 0 Å². The Bertz CT molecular complexity index is 628. The average Bonchev–Trinajstić information content (AvgIpc) is 2.92. The Balaban J connectivity index is 1.44. The van der Waals surface area contributed by atoms with Crippen LogP contribution in [0.15, 0.2) is 24.3 Å².